The van der Waals surface area contributed by atoms with E-state index in [-0.39, 0.29) is 17.5 Å². The van der Waals surface area contributed by atoms with Gasteiger partial charge in [-0.25, -0.2) is 18.4 Å². The molecule has 32 heavy (non-hydrogen) atoms. The normalized spacial score (nSPS) is 11.7. The molecule has 2 aromatic heterocycles. The third-order valence-electron chi connectivity index (χ3n) is 5.04. The van der Waals surface area contributed by atoms with Gasteiger partial charge in [0.25, 0.3) is 10.0 Å². The summed E-state index contributed by atoms with van der Waals surface area (Å²) in [6, 6.07) is 7.81. The first-order valence-electron chi connectivity index (χ1n) is 10.4. The van der Waals surface area contributed by atoms with Crippen LogP contribution in [0, 0.1) is 0 Å². The maximum atomic E-state index is 13.2. The number of nitrogens with zero attached hydrogens (tertiary/aromatic N) is 4. The molecule has 0 fully saturated rings. The number of hydrogen-bond acceptors (Lipinski definition) is 7. The summed E-state index contributed by atoms with van der Waals surface area (Å²) in [6.07, 6.45) is 8.26. The van der Waals surface area contributed by atoms with Crippen LogP contribution >= 0.6 is 11.3 Å². The number of rotatable bonds is 12. The number of hydrogen-bond donors (Lipinski definition) is 0. The lowest BCUT2D eigenvalue weighted by Crippen LogP contribution is -2.32. The van der Waals surface area contributed by atoms with Crippen molar-refractivity contribution in [3.05, 3.63) is 53.9 Å². The van der Waals surface area contributed by atoms with Crippen LogP contribution in [0.25, 0.3) is 10.6 Å². The molecule has 0 bridgehead atoms. The van der Waals surface area contributed by atoms with Gasteiger partial charge in [0.15, 0.2) is 5.03 Å². The molecule has 172 valence electrons. The molecule has 0 amide bonds. The first-order valence-corrected chi connectivity index (χ1v) is 12.8. The minimum absolute atomic E-state index is 0.0464. The van der Waals surface area contributed by atoms with Crippen LogP contribution in [0.5, 0.6) is 0 Å². The summed E-state index contributed by atoms with van der Waals surface area (Å²) >= 11 is 1.56. The van der Waals surface area contributed by atoms with Gasteiger partial charge >= 0.3 is 5.97 Å². The Morgan fingerprint density at radius 3 is 2.50 bits per heavy atom. The van der Waals surface area contributed by atoms with Gasteiger partial charge < -0.3 is 9.30 Å². The first-order chi connectivity index (χ1) is 15.4. The minimum atomic E-state index is -3.72. The number of sulfonamides is 1. The van der Waals surface area contributed by atoms with E-state index in [1.165, 1.54) is 23.9 Å². The Labute approximate surface area is 192 Å². The number of carbonyl (C=O) groups is 1. The summed E-state index contributed by atoms with van der Waals surface area (Å²) in [5.74, 6) is -0.217. The van der Waals surface area contributed by atoms with Crippen LogP contribution in [0.15, 0.2) is 53.4 Å². The molecule has 0 spiro atoms. The zero-order valence-corrected chi connectivity index (χ0v) is 19.9. The van der Waals surface area contributed by atoms with E-state index in [9.17, 15) is 13.2 Å². The molecule has 0 radical (unpaired) electrons. The SMILES string of the molecule is COC(=O)CCCCCCN(Cc1ccc(-c2nccs2)cc1)S(=O)(=O)c1cn(C)cn1. The Morgan fingerprint density at radius 2 is 1.88 bits per heavy atom. The Hall–Kier alpha value is -2.56. The third-order valence-corrected chi connectivity index (χ3v) is 7.60. The number of aromatic nitrogens is 3. The van der Waals surface area contributed by atoms with Crippen molar-refractivity contribution in [1.82, 2.24) is 18.8 Å². The standard InChI is InChI=1S/C22H28N4O4S2/c1-25-16-20(24-17-25)32(28,29)26(13-6-4-3-5-7-21(27)30-2)15-18-8-10-19(11-9-18)22-23-12-14-31-22/h8-12,14,16-17H,3-7,13,15H2,1-2H3. The molecule has 3 aromatic rings. The maximum absolute atomic E-state index is 13.2. The van der Waals surface area contributed by atoms with Crippen LogP contribution in [0.3, 0.4) is 0 Å². The fraction of sp³-hybridized carbons (Fsp3) is 0.409. The number of thiazole rings is 1. The molecule has 0 aliphatic rings. The van der Waals surface area contributed by atoms with E-state index in [0.717, 1.165) is 35.4 Å². The lowest BCUT2D eigenvalue weighted by atomic mass is 10.1. The second-order valence-corrected chi connectivity index (χ2v) is 10.3. The van der Waals surface area contributed by atoms with Crippen molar-refractivity contribution in [3.8, 4) is 10.6 Å². The van der Waals surface area contributed by atoms with E-state index < -0.39 is 10.0 Å². The molecule has 10 heteroatoms. The number of esters is 1. The summed E-state index contributed by atoms with van der Waals surface area (Å²) in [4.78, 5) is 19.6. The quantitative estimate of drug-likeness (QED) is 0.291. The van der Waals surface area contributed by atoms with Crippen molar-refractivity contribution in [3.63, 3.8) is 0 Å². The van der Waals surface area contributed by atoms with Gasteiger partial charge in [0.2, 0.25) is 0 Å². The van der Waals surface area contributed by atoms with Crippen molar-refractivity contribution in [2.24, 2.45) is 7.05 Å². The second kappa shape index (κ2) is 11.3. The molecule has 1 aromatic carbocycles. The molecule has 2 heterocycles. The predicted molar refractivity (Wildman–Crippen MR) is 123 cm³/mol. The Morgan fingerprint density at radius 1 is 1.12 bits per heavy atom. The van der Waals surface area contributed by atoms with Crippen molar-refractivity contribution < 1.29 is 17.9 Å². The summed E-state index contributed by atoms with van der Waals surface area (Å²) in [5, 5.41) is 2.90. The molecule has 3 rings (SSSR count). The number of methoxy groups -OCH3 is 1. The van der Waals surface area contributed by atoms with Crippen molar-refractivity contribution in [1.29, 1.82) is 0 Å². The predicted octanol–water partition coefficient (Wildman–Crippen LogP) is 3.86. The number of unbranched alkanes of at least 4 members (excludes halogenated alkanes) is 3. The molecule has 0 N–H and O–H groups in total. The highest BCUT2D eigenvalue weighted by Gasteiger charge is 2.26. The van der Waals surface area contributed by atoms with Crippen LogP contribution in [0.1, 0.15) is 37.7 Å². The lowest BCUT2D eigenvalue weighted by Gasteiger charge is -2.21. The highest BCUT2D eigenvalue weighted by Crippen LogP contribution is 2.24. The van der Waals surface area contributed by atoms with Gasteiger partial charge in [0, 0.05) is 49.9 Å². The average Bonchev–Trinajstić information content (AvgIpc) is 3.48. The fourth-order valence-corrected chi connectivity index (χ4v) is 5.35. The summed E-state index contributed by atoms with van der Waals surface area (Å²) in [5.41, 5.74) is 1.91. The van der Waals surface area contributed by atoms with Crippen molar-refractivity contribution in [2.45, 2.75) is 43.7 Å². The minimum Gasteiger partial charge on any atom is -0.469 e. The molecule has 0 unspecified atom stereocenters. The van der Waals surface area contributed by atoms with Gasteiger partial charge in [-0.05, 0) is 18.4 Å². The number of aryl methyl sites for hydroxylation is 1. The highest BCUT2D eigenvalue weighted by atomic mass is 32.2. The smallest absolute Gasteiger partial charge is 0.305 e. The number of ether oxygens (including phenoxy) is 1. The van der Waals surface area contributed by atoms with Crippen LogP contribution < -0.4 is 0 Å². The Kier molecular flexibility index (Phi) is 8.54. The van der Waals surface area contributed by atoms with E-state index in [1.54, 1.807) is 29.1 Å². The van der Waals surface area contributed by atoms with Crippen LogP contribution in [-0.4, -0.2) is 46.9 Å². The van der Waals surface area contributed by atoms with Gasteiger partial charge in [-0.3, -0.25) is 4.79 Å². The molecule has 0 saturated heterocycles. The monoisotopic (exact) mass is 476 g/mol. The highest BCUT2D eigenvalue weighted by molar-refractivity contribution is 7.89. The molecule has 0 saturated carbocycles. The van der Waals surface area contributed by atoms with Gasteiger partial charge in [-0.15, -0.1) is 11.3 Å². The summed E-state index contributed by atoms with van der Waals surface area (Å²) < 4.78 is 34.2. The molecule has 0 atom stereocenters. The van der Waals surface area contributed by atoms with E-state index >= 15 is 0 Å². The van der Waals surface area contributed by atoms with Crippen LogP contribution in [0.4, 0.5) is 0 Å². The lowest BCUT2D eigenvalue weighted by molar-refractivity contribution is -0.140. The Balaban J connectivity index is 1.67. The van der Waals surface area contributed by atoms with Gasteiger partial charge in [0.05, 0.1) is 13.4 Å². The molecule has 0 aliphatic carbocycles. The van der Waals surface area contributed by atoms with Crippen LogP contribution in [-0.2, 0) is 33.1 Å². The number of carbonyl (C=O) groups excluding carboxylic acids is 1. The van der Waals surface area contributed by atoms with Gasteiger partial charge in [-0.1, -0.05) is 37.1 Å². The second-order valence-electron chi connectivity index (χ2n) is 7.49. The third kappa shape index (κ3) is 6.47. The zero-order chi connectivity index (χ0) is 23.0. The summed E-state index contributed by atoms with van der Waals surface area (Å²) in [6.45, 7) is 0.643. The van der Waals surface area contributed by atoms with E-state index in [0.29, 0.717) is 19.4 Å². The average molecular weight is 477 g/mol. The Bertz CT molecular complexity index is 1090. The fourth-order valence-electron chi connectivity index (χ4n) is 3.27. The topological polar surface area (TPSA) is 94.4 Å². The van der Waals surface area contributed by atoms with Crippen molar-refractivity contribution in [2.75, 3.05) is 13.7 Å². The molecule has 8 nitrogen and oxygen atoms in total. The number of imidazole rings is 1. The van der Waals surface area contributed by atoms with Gasteiger partial charge in [0.1, 0.15) is 5.01 Å². The largest absolute Gasteiger partial charge is 0.469 e. The zero-order valence-electron chi connectivity index (χ0n) is 18.3. The molecular weight excluding hydrogens is 448 g/mol. The first kappa shape index (κ1) is 24.1. The van der Waals surface area contributed by atoms with E-state index in [2.05, 4.69) is 14.7 Å². The van der Waals surface area contributed by atoms with E-state index in [1.807, 2.05) is 29.6 Å². The number of benzene rings is 1. The van der Waals surface area contributed by atoms with Gasteiger partial charge in [-0.2, -0.15) is 4.31 Å². The van der Waals surface area contributed by atoms with Crippen LogP contribution in [0.2, 0.25) is 0 Å². The summed E-state index contributed by atoms with van der Waals surface area (Å²) in [7, 11) is -0.599. The molecule has 0 aliphatic heterocycles. The molecular formula is C22H28N4O4S2. The van der Waals surface area contributed by atoms with Crippen molar-refractivity contribution >= 4 is 27.3 Å². The van der Waals surface area contributed by atoms with E-state index in [4.69, 9.17) is 0 Å². The maximum Gasteiger partial charge on any atom is 0.305 e.